The maximum atomic E-state index is 12.6. The van der Waals surface area contributed by atoms with E-state index in [9.17, 15) is 4.79 Å². The smallest absolute Gasteiger partial charge is 0.253 e. The molecule has 114 valence electrons. The van der Waals surface area contributed by atoms with Crippen molar-refractivity contribution in [1.82, 2.24) is 4.90 Å². The molecule has 1 aromatic rings. The Morgan fingerprint density at radius 1 is 1.19 bits per heavy atom. The molecule has 1 aromatic carbocycles. The average Bonchev–Trinajstić information content (AvgIpc) is 2.55. The summed E-state index contributed by atoms with van der Waals surface area (Å²) in [6.07, 6.45) is 7.10. The fourth-order valence-corrected chi connectivity index (χ4v) is 3.51. The molecule has 0 atom stereocenters. The quantitative estimate of drug-likeness (QED) is 0.854. The van der Waals surface area contributed by atoms with Crippen LogP contribution in [-0.4, -0.2) is 36.6 Å². The molecule has 0 aromatic heterocycles. The van der Waals surface area contributed by atoms with Gasteiger partial charge in [0.05, 0.1) is 6.10 Å². The zero-order valence-electron chi connectivity index (χ0n) is 12.9. The van der Waals surface area contributed by atoms with Crippen LogP contribution in [0.4, 0.5) is 0 Å². The second-order valence-corrected chi connectivity index (χ2v) is 6.14. The molecule has 1 saturated heterocycles. The van der Waals surface area contributed by atoms with Gasteiger partial charge in [-0.05, 0) is 68.7 Å². The first-order chi connectivity index (χ1) is 10.3. The lowest BCUT2D eigenvalue weighted by molar-refractivity contribution is 0.0146. The highest BCUT2D eigenvalue weighted by molar-refractivity contribution is 5.94. The van der Waals surface area contributed by atoms with Gasteiger partial charge in [-0.1, -0.05) is 6.07 Å². The zero-order chi connectivity index (χ0) is 14.7. The van der Waals surface area contributed by atoms with E-state index in [4.69, 9.17) is 4.74 Å². The van der Waals surface area contributed by atoms with Crippen molar-refractivity contribution in [3.8, 4) is 0 Å². The molecule has 0 radical (unpaired) electrons. The van der Waals surface area contributed by atoms with Crippen LogP contribution in [0.25, 0.3) is 0 Å². The van der Waals surface area contributed by atoms with E-state index in [1.54, 1.807) is 0 Å². The molecule has 0 saturated carbocycles. The number of benzene rings is 1. The van der Waals surface area contributed by atoms with Crippen molar-refractivity contribution in [1.29, 1.82) is 0 Å². The van der Waals surface area contributed by atoms with Crippen molar-refractivity contribution in [2.75, 3.05) is 19.7 Å². The third-order valence-electron chi connectivity index (χ3n) is 4.73. The van der Waals surface area contributed by atoms with Gasteiger partial charge in [0.1, 0.15) is 0 Å². The summed E-state index contributed by atoms with van der Waals surface area (Å²) in [5.74, 6) is 0.193. The summed E-state index contributed by atoms with van der Waals surface area (Å²) in [5, 5.41) is 0. The molecule has 0 N–H and O–H groups in total. The summed E-state index contributed by atoms with van der Waals surface area (Å²) in [4.78, 5) is 14.6. The van der Waals surface area contributed by atoms with Crippen molar-refractivity contribution in [3.63, 3.8) is 0 Å². The summed E-state index contributed by atoms with van der Waals surface area (Å²) in [6, 6.07) is 6.31. The molecule has 1 aliphatic heterocycles. The number of hydrogen-bond donors (Lipinski definition) is 0. The summed E-state index contributed by atoms with van der Waals surface area (Å²) >= 11 is 0. The molecule has 3 nitrogen and oxygen atoms in total. The molecule has 0 bridgehead atoms. The van der Waals surface area contributed by atoms with E-state index in [-0.39, 0.29) is 5.91 Å². The monoisotopic (exact) mass is 287 g/mol. The number of carbonyl (C=O) groups excluding carboxylic acids is 1. The molecule has 1 amide bonds. The second kappa shape index (κ2) is 6.61. The first kappa shape index (κ1) is 14.6. The summed E-state index contributed by atoms with van der Waals surface area (Å²) in [7, 11) is 0. The maximum absolute atomic E-state index is 12.6. The van der Waals surface area contributed by atoms with Crippen molar-refractivity contribution in [2.24, 2.45) is 0 Å². The van der Waals surface area contributed by atoms with E-state index in [1.165, 1.54) is 30.4 Å². The van der Waals surface area contributed by atoms with Crippen LogP contribution in [0, 0.1) is 0 Å². The van der Waals surface area contributed by atoms with Gasteiger partial charge in [-0.25, -0.2) is 0 Å². The van der Waals surface area contributed by atoms with Gasteiger partial charge in [0, 0.05) is 25.3 Å². The third-order valence-corrected chi connectivity index (χ3v) is 4.73. The number of nitrogens with zero attached hydrogens (tertiary/aromatic N) is 1. The van der Waals surface area contributed by atoms with E-state index in [0.29, 0.717) is 6.10 Å². The van der Waals surface area contributed by atoms with Gasteiger partial charge in [0.15, 0.2) is 0 Å². The van der Waals surface area contributed by atoms with Crippen LogP contribution in [0.3, 0.4) is 0 Å². The van der Waals surface area contributed by atoms with Crippen LogP contribution >= 0.6 is 0 Å². The van der Waals surface area contributed by atoms with Crippen molar-refractivity contribution >= 4 is 5.91 Å². The van der Waals surface area contributed by atoms with Gasteiger partial charge in [-0.3, -0.25) is 4.79 Å². The number of amides is 1. The molecular formula is C18H25NO2. The number of hydrogen-bond acceptors (Lipinski definition) is 2. The Labute approximate surface area is 127 Å². The number of carbonyl (C=O) groups is 1. The van der Waals surface area contributed by atoms with E-state index >= 15 is 0 Å². The molecule has 3 heteroatoms. The fraction of sp³-hybridized carbons (Fsp3) is 0.611. The van der Waals surface area contributed by atoms with Crippen LogP contribution in [0.5, 0.6) is 0 Å². The third kappa shape index (κ3) is 3.29. The molecule has 1 heterocycles. The second-order valence-electron chi connectivity index (χ2n) is 6.14. The lowest BCUT2D eigenvalue weighted by Gasteiger charge is -2.32. The molecule has 1 aliphatic carbocycles. The number of likely N-dealkylation sites (tertiary alicyclic amines) is 1. The number of aryl methyl sites for hydroxylation is 2. The highest BCUT2D eigenvalue weighted by atomic mass is 16.5. The van der Waals surface area contributed by atoms with Crippen LogP contribution in [0.1, 0.15) is 54.1 Å². The summed E-state index contributed by atoms with van der Waals surface area (Å²) in [5.41, 5.74) is 3.69. The predicted octanol–water partition coefficient (Wildman–Crippen LogP) is 3.21. The summed E-state index contributed by atoms with van der Waals surface area (Å²) < 4.78 is 5.65. The molecule has 0 spiro atoms. The van der Waals surface area contributed by atoms with Gasteiger partial charge >= 0.3 is 0 Å². The van der Waals surface area contributed by atoms with E-state index in [1.807, 2.05) is 17.9 Å². The molecule has 21 heavy (non-hydrogen) atoms. The Hall–Kier alpha value is -1.35. The Balaban J connectivity index is 1.66. The number of rotatable bonds is 3. The van der Waals surface area contributed by atoms with Crippen molar-refractivity contribution < 1.29 is 9.53 Å². The Morgan fingerprint density at radius 2 is 1.90 bits per heavy atom. The first-order valence-electron chi connectivity index (χ1n) is 8.30. The molecule has 0 unspecified atom stereocenters. The van der Waals surface area contributed by atoms with Crippen LogP contribution < -0.4 is 0 Å². The van der Waals surface area contributed by atoms with Crippen LogP contribution in [0.2, 0.25) is 0 Å². The molecular weight excluding hydrogens is 262 g/mol. The minimum Gasteiger partial charge on any atom is -0.378 e. The lowest BCUT2D eigenvalue weighted by Crippen LogP contribution is -2.41. The molecule has 1 fully saturated rings. The average molecular weight is 287 g/mol. The summed E-state index contributed by atoms with van der Waals surface area (Å²) in [6.45, 7) is 4.44. The lowest BCUT2D eigenvalue weighted by atomic mass is 9.90. The number of ether oxygens (including phenoxy) is 1. The largest absolute Gasteiger partial charge is 0.378 e. The van der Waals surface area contributed by atoms with Crippen LogP contribution in [0.15, 0.2) is 18.2 Å². The van der Waals surface area contributed by atoms with Gasteiger partial charge < -0.3 is 9.64 Å². The van der Waals surface area contributed by atoms with E-state index in [0.717, 1.165) is 44.5 Å². The zero-order valence-corrected chi connectivity index (χ0v) is 12.9. The SMILES string of the molecule is CCOC1CCN(C(=O)c2ccc3c(c2)CCCC3)CC1. The minimum atomic E-state index is 0.193. The molecule has 3 rings (SSSR count). The van der Waals surface area contributed by atoms with Crippen molar-refractivity contribution in [3.05, 3.63) is 34.9 Å². The fourth-order valence-electron chi connectivity index (χ4n) is 3.51. The first-order valence-corrected chi connectivity index (χ1v) is 8.30. The number of piperidine rings is 1. The van der Waals surface area contributed by atoms with Gasteiger partial charge in [-0.15, -0.1) is 0 Å². The minimum absolute atomic E-state index is 0.193. The van der Waals surface area contributed by atoms with Crippen molar-refractivity contribution in [2.45, 2.75) is 51.6 Å². The van der Waals surface area contributed by atoms with E-state index < -0.39 is 0 Å². The highest BCUT2D eigenvalue weighted by Gasteiger charge is 2.24. The topological polar surface area (TPSA) is 29.5 Å². The highest BCUT2D eigenvalue weighted by Crippen LogP contribution is 2.23. The molecule has 2 aliphatic rings. The standard InChI is InChI=1S/C18H25NO2/c1-2-21-17-9-11-19(12-10-17)18(20)16-8-7-14-5-3-4-6-15(14)13-16/h7-8,13,17H,2-6,9-12H2,1H3. The Morgan fingerprint density at radius 3 is 2.62 bits per heavy atom. The van der Waals surface area contributed by atoms with E-state index in [2.05, 4.69) is 12.1 Å². The van der Waals surface area contributed by atoms with Gasteiger partial charge in [0.2, 0.25) is 0 Å². The van der Waals surface area contributed by atoms with Gasteiger partial charge in [0.25, 0.3) is 5.91 Å². The normalized spacial score (nSPS) is 19.4. The maximum Gasteiger partial charge on any atom is 0.253 e. The predicted molar refractivity (Wildman–Crippen MR) is 83.6 cm³/mol. The van der Waals surface area contributed by atoms with Gasteiger partial charge in [-0.2, -0.15) is 0 Å². The Bertz CT molecular complexity index is 504. The number of fused-ring (bicyclic) bond motifs is 1. The Kier molecular flexibility index (Phi) is 4.59. The van der Waals surface area contributed by atoms with Crippen LogP contribution in [-0.2, 0) is 17.6 Å².